The first kappa shape index (κ1) is 13.2. The summed E-state index contributed by atoms with van der Waals surface area (Å²) in [4.78, 5) is 13.0. The molecule has 0 spiro atoms. The van der Waals surface area contributed by atoms with E-state index in [-0.39, 0.29) is 0 Å². The van der Waals surface area contributed by atoms with Gasteiger partial charge in [0.1, 0.15) is 5.52 Å². The van der Waals surface area contributed by atoms with E-state index in [0.717, 1.165) is 28.5 Å². The second kappa shape index (κ2) is 5.07. The number of hydrogen-bond acceptors (Lipinski definition) is 4. The molecular weight excluding hydrogens is 346 g/mol. The van der Waals surface area contributed by atoms with Crippen LogP contribution in [-0.2, 0) is 6.42 Å². The molecule has 0 saturated carbocycles. The van der Waals surface area contributed by atoms with Gasteiger partial charge in [-0.05, 0) is 58.4 Å². The Morgan fingerprint density at radius 1 is 1.33 bits per heavy atom. The van der Waals surface area contributed by atoms with Gasteiger partial charge >= 0.3 is 0 Å². The molecule has 1 atom stereocenters. The van der Waals surface area contributed by atoms with Gasteiger partial charge in [-0.3, -0.25) is 9.97 Å². The summed E-state index contributed by atoms with van der Waals surface area (Å²) in [6.07, 6.45) is 4.83. The molecule has 4 heterocycles. The van der Waals surface area contributed by atoms with E-state index in [1.165, 1.54) is 16.1 Å². The number of pyridine rings is 2. The van der Waals surface area contributed by atoms with Crippen molar-refractivity contribution in [3.05, 3.63) is 50.9 Å². The molecule has 0 bridgehead atoms. The number of aromatic nitrogens is 2. The van der Waals surface area contributed by atoms with Crippen molar-refractivity contribution in [3.8, 4) is 0 Å². The number of rotatable bonds is 1. The summed E-state index contributed by atoms with van der Waals surface area (Å²) in [6.45, 7) is 3.31. The van der Waals surface area contributed by atoms with Crippen molar-refractivity contribution in [2.45, 2.75) is 19.4 Å². The molecule has 0 aromatic carbocycles. The van der Waals surface area contributed by atoms with E-state index >= 15 is 0 Å². The molecule has 0 radical (unpaired) electrons. The van der Waals surface area contributed by atoms with Crippen LogP contribution in [0.2, 0.25) is 0 Å². The van der Waals surface area contributed by atoms with Crippen LogP contribution in [0.25, 0.3) is 11.0 Å². The molecule has 1 aliphatic rings. The van der Waals surface area contributed by atoms with Crippen molar-refractivity contribution in [1.82, 2.24) is 9.97 Å². The minimum atomic E-state index is 0.385. The summed E-state index contributed by atoms with van der Waals surface area (Å²) >= 11 is 5.34. The number of anilines is 1. The Morgan fingerprint density at radius 3 is 3.14 bits per heavy atom. The summed E-state index contributed by atoms with van der Waals surface area (Å²) in [5, 5.41) is 2.20. The van der Waals surface area contributed by atoms with Crippen LogP contribution >= 0.6 is 27.3 Å². The van der Waals surface area contributed by atoms with Gasteiger partial charge < -0.3 is 4.90 Å². The minimum Gasteiger partial charge on any atom is -0.363 e. The molecule has 21 heavy (non-hydrogen) atoms. The smallest absolute Gasteiger partial charge is 0.112 e. The summed E-state index contributed by atoms with van der Waals surface area (Å²) in [5.41, 5.74) is 4.54. The lowest BCUT2D eigenvalue weighted by Gasteiger charge is -2.35. The summed E-state index contributed by atoms with van der Waals surface area (Å²) < 4.78 is 0.964. The molecule has 106 valence electrons. The summed E-state index contributed by atoms with van der Waals surface area (Å²) in [5.74, 6) is 0. The normalized spacial score (nSPS) is 18.0. The third-order valence-corrected chi connectivity index (χ3v) is 5.54. The van der Waals surface area contributed by atoms with Crippen LogP contribution in [0, 0.1) is 0 Å². The highest BCUT2D eigenvalue weighted by Crippen LogP contribution is 2.38. The van der Waals surface area contributed by atoms with Gasteiger partial charge in [0.15, 0.2) is 0 Å². The lowest BCUT2D eigenvalue weighted by atomic mass is 10.0. The van der Waals surface area contributed by atoms with Gasteiger partial charge in [0.25, 0.3) is 0 Å². The molecule has 0 amide bonds. The fourth-order valence-electron chi connectivity index (χ4n) is 3.06. The van der Waals surface area contributed by atoms with Gasteiger partial charge in [0.2, 0.25) is 0 Å². The first-order valence-corrected chi connectivity index (χ1v) is 8.64. The SMILES string of the molecule is CC1c2ccsc2CCN1c1ccnc2cc(Br)cnc12. The van der Waals surface area contributed by atoms with Crippen LogP contribution < -0.4 is 4.90 Å². The third kappa shape index (κ3) is 2.15. The van der Waals surface area contributed by atoms with E-state index in [1.807, 2.05) is 29.8 Å². The van der Waals surface area contributed by atoms with Crippen molar-refractivity contribution >= 4 is 44.0 Å². The third-order valence-electron chi connectivity index (χ3n) is 4.11. The molecule has 3 aromatic heterocycles. The van der Waals surface area contributed by atoms with Gasteiger partial charge in [0, 0.05) is 28.3 Å². The monoisotopic (exact) mass is 359 g/mol. The number of hydrogen-bond donors (Lipinski definition) is 0. The number of nitrogens with zero attached hydrogens (tertiary/aromatic N) is 3. The van der Waals surface area contributed by atoms with Crippen LogP contribution in [0.5, 0.6) is 0 Å². The minimum absolute atomic E-state index is 0.385. The van der Waals surface area contributed by atoms with Crippen LogP contribution in [0.1, 0.15) is 23.4 Å². The van der Waals surface area contributed by atoms with Crippen LogP contribution in [0.15, 0.2) is 40.4 Å². The lowest BCUT2D eigenvalue weighted by molar-refractivity contribution is 0.634. The van der Waals surface area contributed by atoms with Gasteiger partial charge in [-0.25, -0.2) is 0 Å². The molecule has 0 aliphatic carbocycles. The van der Waals surface area contributed by atoms with Gasteiger partial charge in [-0.2, -0.15) is 0 Å². The molecule has 4 rings (SSSR count). The molecule has 0 saturated heterocycles. The maximum absolute atomic E-state index is 4.59. The van der Waals surface area contributed by atoms with E-state index in [4.69, 9.17) is 0 Å². The quantitative estimate of drug-likeness (QED) is 0.636. The molecular formula is C16H14BrN3S. The zero-order chi connectivity index (χ0) is 14.4. The Hall–Kier alpha value is -1.46. The van der Waals surface area contributed by atoms with E-state index in [2.05, 4.69) is 55.2 Å². The fourth-order valence-corrected chi connectivity index (χ4v) is 4.34. The van der Waals surface area contributed by atoms with Crippen molar-refractivity contribution in [2.24, 2.45) is 0 Å². The maximum Gasteiger partial charge on any atom is 0.112 e. The highest BCUT2D eigenvalue weighted by molar-refractivity contribution is 9.10. The average Bonchev–Trinajstić information content (AvgIpc) is 2.96. The Balaban J connectivity index is 1.84. The van der Waals surface area contributed by atoms with Crippen LogP contribution in [0.3, 0.4) is 0 Å². The number of fused-ring (bicyclic) bond motifs is 2. The molecule has 1 aliphatic heterocycles. The number of halogens is 1. The topological polar surface area (TPSA) is 29.0 Å². The maximum atomic E-state index is 4.59. The Morgan fingerprint density at radius 2 is 2.24 bits per heavy atom. The summed E-state index contributed by atoms with van der Waals surface area (Å²) in [6, 6.07) is 6.74. The van der Waals surface area contributed by atoms with Crippen molar-refractivity contribution < 1.29 is 0 Å². The van der Waals surface area contributed by atoms with Crippen molar-refractivity contribution in [1.29, 1.82) is 0 Å². The Kier molecular flexibility index (Phi) is 3.19. The van der Waals surface area contributed by atoms with E-state index < -0.39 is 0 Å². The van der Waals surface area contributed by atoms with E-state index in [9.17, 15) is 0 Å². The molecule has 1 unspecified atom stereocenters. The molecule has 3 aromatic rings. The van der Waals surface area contributed by atoms with Crippen LogP contribution in [0.4, 0.5) is 5.69 Å². The first-order chi connectivity index (χ1) is 10.2. The summed E-state index contributed by atoms with van der Waals surface area (Å²) in [7, 11) is 0. The standard InChI is InChI=1S/C16H14BrN3S/c1-10-12-4-7-21-15(12)3-6-20(10)14-2-5-18-13-8-11(17)9-19-16(13)14/h2,4-5,7-10H,3,6H2,1H3. The second-order valence-corrected chi connectivity index (χ2v) is 7.19. The zero-order valence-corrected chi connectivity index (χ0v) is 14.0. The largest absolute Gasteiger partial charge is 0.363 e. The highest BCUT2D eigenvalue weighted by atomic mass is 79.9. The van der Waals surface area contributed by atoms with Gasteiger partial charge in [-0.15, -0.1) is 11.3 Å². The van der Waals surface area contributed by atoms with Crippen molar-refractivity contribution in [2.75, 3.05) is 11.4 Å². The highest BCUT2D eigenvalue weighted by Gasteiger charge is 2.26. The van der Waals surface area contributed by atoms with E-state index in [1.54, 1.807) is 0 Å². The predicted molar refractivity (Wildman–Crippen MR) is 91.0 cm³/mol. The molecule has 5 heteroatoms. The number of thiophene rings is 1. The molecule has 0 N–H and O–H groups in total. The fraction of sp³-hybridized carbons (Fsp3) is 0.250. The zero-order valence-electron chi connectivity index (χ0n) is 11.6. The predicted octanol–water partition coefficient (Wildman–Crippen LogP) is 4.58. The van der Waals surface area contributed by atoms with Crippen molar-refractivity contribution in [3.63, 3.8) is 0 Å². The Bertz CT molecular complexity index is 814. The van der Waals surface area contributed by atoms with Crippen LogP contribution in [-0.4, -0.2) is 16.5 Å². The van der Waals surface area contributed by atoms with Gasteiger partial charge in [-0.1, -0.05) is 0 Å². The lowest BCUT2D eigenvalue weighted by Crippen LogP contribution is -2.33. The first-order valence-electron chi connectivity index (χ1n) is 6.97. The van der Waals surface area contributed by atoms with E-state index in [0.29, 0.717) is 6.04 Å². The average molecular weight is 360 g/mol. The Labute approximate surface area is 135 Å². The van der Waals surface area contributed by atoms with Gasteiger partial charge in [0.05, 0.1) is 17.2 Å². The molecule has 3 nitrogen and oxygen atoms in total. The molecule has 0 fully saturated rings. The second-order valence-electron chi connectivity index (χ2n) is 5.27.